The number of fused-ring (bicyclic) bond motifs is 2. The molecule has 0 saturated heterocycles. The van der Waals surface area contributed by atoms with Crippen molar-refractivity contribution in [2.45, 2.75) is 19.4 Å². The largest absolute Gasteiger partial charge is 0.453 e. The molecular formula is C18H20N4O3S. The Bertz CT molecular complexity index is 851. The van der Waals surface area contributed by atoms with Crippen LogP contribution in [0.15, 0.2) is 24.3 Å². The van der Waals surface area contributed by atoms with Gasteiger partial charge in [-0.2, -0.15) is 0 Å². The first-order valence-corrected chi connectivity index (χ1v) is 9.40. The zero-order chi connectivity index (χ0) is 18.1. The van der Waals surface area contributed by atoms with Crippen LogP contribution in [0.4, 0.5) is 15.6 Å². The quantitative estimate of drug-likeness (QED) is 0.895. The summed E-state index contributed by atoms with van der Waals surface area (Å²) in [5.41, 5.74) is 3.27. The average Bonchev–Trinajstić information content (AvgIpc) is 3.24. The second kappa shape index (κ2) is 7.05. The molecular weight excluding hydrogens is 352 g/mol. The van der Waals surface area contributed by atoms with Gasteiger partial charge < -0.3 is 9.64 Å². The average molecular weight is 372 g/mol. The van der Waals surface area contributed by atoms with Gasteiger partial charge in [0.05, 0.1) is 19.3 Å². The number of hydrogen-bond acceptors (Lipinski definition) is 6. The summed E-state index contributed by atoms with van der Waals surface area (Å²) in [6, 6.07) is 8.10. The molecule has 1 N–H and O–H groups in total. The number of hydrogen-bond donors (Lipinski definition) is 1. The standard InChI is InChI=1S/C18H20N4O3S/c1-25-18(24)20-17-19-13-7-8-21(10-15(13)26-17)11-16(23)22-9-6-12-4-2-3-5-14(12)22/h2-5H,6-11H2,1H3,(H,19,20,24). The molecule has 0 spiro atoms. The van der Waals surface area contributed by atoms with Gasteiger partial charge in [-0.25, -0.2) is 9.78 Å². The predicted molar refractivity (Wildman–Crippen MR) is 99.6 cm³/mol. The van der Waals surface area contributed by atoms with E-state index >= 15 is 0 Å². The molecule has 136 valence electrons. The van der Waals surface area contributed by atoms with Gasteiger partial charge in [-0.1, -0.05) is 29.5 Å². The van der Waals surface area contributed by atoms with E-state index in [1.54, 1.807) is 0 Å². The Hall–Kier alpha value is -2.45. The van der Waals surface area contributed by atoms with Crippen LogP contribution >= 0.6 is 11.3 Å². The van der Waals surface area contributed by atoms with Crippen molar-refractivity contribution in [2.24, 2.45) is 0 Å². The summed E-state index contributed by atoms with van der Waals surface area (Å²) < 4.78 is 4.60. The maximum Gasteiger partial charge on any atom is 0.413 e. The summed E-state index contributed by atoms with van der Waals surface area (Å²) in [7, 11) is 1.33. The van der Waals surface area contributed by atoms with E-state index < -0.39 is 6.09 Å². The van der Waals surface area contributed by atoms with E-state index in [2.05, 4.69) is 26.0 Å². The Kier molecular flexibility index (Phi) is 4.60. The number of thiazole rings is 1. The van der Waals surface area contributed by atoms with Gasteiger partial charge in [0.15, 0.2) is 5.13 Å². The molecule has 0 aliphatic carbocycles. The van der Waals surface area contributed by atoms with Crippen molar-refractivity contribution in [3.8, 4) is 0 Å². The molecule has 2 aliphatic heterocycles. The lowest BCUT2D eigenvalue weighted by molar-refractivity contribution is -0.119. The number of carbonyl (C=O) groups excluding carboxylic acids is 2. The highest BCUT2D eigenvalue weighted by molar-refractivity contribution is 7.15. The van der Waals surface area contributed by atoms with Crippen molar-refractivity contribution in [1.29, 1.82) is 0 Å². The highest BCUT2D eigenvalue weighted by atomic mass is 32.1. The number of nitrogens with zero attached hydrogens (tertiary/aromatic N) is 3. The van der Waals surface area contributed by atoms with Gasteiger partial charge in [0.25, 0.3) is 0 Å². The van der Waals surface area contributed by atoms with Gasteiger partial charge in [0, 0.05) is 36.6 Å². The summed E-state index contributed by atoms with van der Waals surface area (Å²) in [4.78, 5) is 33.7. The zero-order valence-electron chi connectivity index (χ0n) is 14.5. The molecule has 0 saturated carbocycles. The molecule has 8 heteroatoms. The van der Waals surface area contributed by atoms with Crippen molar-refractivity contribution in [3.05, 3.63) is 40.4 Å². The topological polar surface area (TPSA) is 74.8 Å². The van der Waals surface area contributed by atoms with Crippen LogP contribution < -0.4 is 10.2 Å². The first-order chi connectivity index (χ1) is 12.6. The number of aromatic nitrogens is 1. The number of para-hydroxylation sites is 1. The summed E-state index contributed by atoms with van der Waals surface area (Å²) in [5, 5.41) is 3.16. The second-order valence-corrected chi connectivity index (χ2v) is 7.47. The summed E-state index contributed by atoms with van der Waals surface area (Å²) in [5.74, 6) is 0.135. The van der Waals surface area contributed by atoms with E-state index in [1.807, 2.05) is 23.1 Å². The Labute approximate surface area is 155 Å². The molecule has 0 atom stereocenters. The molecule has 2 aliphatic rings. The van der Waals surface area contributed by atoms with Crippen molar-refractivity contribution < 1.29 is 14.3 Å². The minimum absolute atomic E-state index is 0.135. The Balaban J connectivity index is 1.40. The fourth-order valence-corrected chi connectivity index (χ4v) is 4.49. The van der Waals surface area contributed by atoms with Gasteiger partial charge >= 0.3 is 6.09 Å². The van der Waals surface area contributed by atoms with Crippen LogP contribution in [0.25, 0.3) is 0 Å². The van der Waals surface area contributed by atoms with E-state index in [1.165, 1.54) is 24.0 Å². The lowest BCUT2D eigenvalue weighted by Gasteiger charge is -2.27. The third-order valence-corrected chi connectivity index (χ3v) is 5.75. The van der Waals surface area contributed by atoms with E-state index in [0.717, 1.165) is 42.2 Å². The van der Waals surface area contributed by atoms with Crippen molar-refractivity contribution in [1.82, 2.24) is 9.88 Å². The maximum absolute atomic E-state index is 12.8. The van der Waals surface area contributed by atoms with Crippen LogP contribution in [-0.4, -0.2) is 48.6 Å². The molecule has 2 aromatic rings. The molecule has 3 heterocycles. The fourth-order valence-electron chi connectivity index (χ4n) is 3.45. The SMILES string of the molecule is COC(=O)Nc1nc2c(s1)CN(CC(=O)N1CCc3ccccc31)CC2. The highest BCUT2D eigenvalue weighted by Gasteiger charge is 2.28. The van der Waals surface area contributed by atoms with Gasteiger partial charge in [-0.05, 0) is 18.1 Å². The molecule has 7 nitrogen and oxygen atoms in total. The van der Waals surface area contributed by atoms with Gasteiger partial charge in [0.1, 0.15) is 0 Å². The number of anilines is 2. The molecule has 1 aromatic carbocycles. The van der Waals surface area contributed by atoms with Gasteiger partial charge in [-0.3, -0.25) is 15.0 Å². The van der Waals surface area contributed by atoms with Crippen LogP contribution in [0.2, 0.25) is 0 Å². The van der Waals surface area contributed by atoms with Crippen LogP contribution in [0.3, 0.4) is 0 Å². The minimum Gasteiger partial charge on any atom is -0.453 e. The smallest absolute Gasteiger partial charge is 0.413 e. The number of carbonyl (C=O) groups is 2. The van der Waals surface area contributed by atoms with Crippen molar-refractivity contribution in [2.75, 3.05) is 37.0 Å². The lowest BCUT2D eigenvalue weighted by atomic mass is 10.1. The van der Waals surface area contributed by atoms with Gasteiger partial charge in [0.2, 0.25) is 5.91 Å². The molecule has 0 bridgehead atoms. The third-order valence-electron chi connectivity index (χ3n) is 4.75. The molecule has 26 heavy (non-hydrogen) atoms. The number of methoxy groups -OCH3 is 1. The summed E-state index contributed by atoms with van der Waals surface area (Å²) in [6.07, 6.45) is 1.18. The van der Waals surface area contributed by atoms with E-state index in [9.17, 15) is 9.59 Å². The molecule has 0 radical (unpaired) electrons. The Morgan fingerprint density at radius 1 is 1.27 bits per heavy atom. The van der Waals surface area contributed by atoms with E-state index in [4.69, 9.17) is 0 Å². The predicted octanol–water partition coefficient (Wildman–Crippen LogP) is 2.27. The first kappa shape index (κ1) is 17.0. The Morgan fingerprint density at radius 3 is 2.96 bits per heavy atom. The molecule has 0 unspecified atom stereocenters. The highest BCUT2D eigenvalue weighted by Crippen LogP contribution is 2.30. The van der Waals surface area contributed by atoms with Crippen LogP contribution in [0, 0.1) is 0 Å². The lowest BCUT2D eigenvalue weighted by Crippen LogP contribution is -2.41. The van der Waals surface area contributed by atoms with Crippen LogP contribution in [-0.2, 0) is 28.9 Å². The van der Waals surface area contributed by atoms with Crippen molar-refractivity contribution >= 4 is 34.2 Å². The molecule has 1 aromatic heterocycles. The summed E-state index contributed by atoms with van der Waals surface area (Å²) >= 11 is 1.44. The third kappa shape index (κ3) is 3.30. The second-order valence-electron chi connectivity index (χ2n) is 6.39. The normalized spacial score (nSPS) is 16.1. The molecule has 2 amide bonds. The van der Waals surface area contributed by atoms with Crippen LogP contribution in [0.5, 0.6) is 0 Å². The van der Waals surface area contributed by atoms with Crippen LogP contribution in [0.1, 0.15) is 16.1 Å². The number of ether oxygens (including phenoxy) is 1. The Morgan fingerprint density at radius 2 is 2.12 bits per heavy atom. The maximum atomic E-state index is 12.8. The first-order valence-electron chi connectivity index (χ1n) is 8.58. The van der Waals surface area contributed by atoms with Crippen molar-refractivity contribution in [3.63, 3.8) is 0 Å². The molecule has 4 rings (SSSR count). The summed E-state index contributed by atoms with van der Waals surface area (Å²) in [6.45, 7) is 2.61. The number of nitrogens with one attached hydrogen (secondary N) is 1. The van der Waals surface area contributed by atoms with E-state index in [0.29, 0.717) is 18.2 Å². The number of rotatable bonds is 3. The fraction of sp³-hybridized carbons (Fsp3) is 0.389. The monoisotopic (exact) mass is 372 g/mol. The van der Waals surface area contributed by atoms with Gasteiger partial charge in [-0.15, -0.1) is 0 Å². The van der Waals surface area contributed by atoms with E-state index in [-0.39, 0.29) is 5.91 Å². The zero-order valence-corrected chi connectivity index (χ0v) is 15.3. The molecule has 0 fully saturated rings. The minimum atomic E-state index is -0.518. The number of benzene rings is 1. The number of amides is 2.